The predicted molar refractivity (Wildman–Crippen MR) is 74.4 cm³/mol. The number of hydrogen-bond donors (Lipinski definition) is 0. The molecule has 0 N–H and O–H groups in total. The van der Waals surface area contributed by atoms with Crippen LogP contribution < -0.4 is 0 Å². The highest BCUT2D eigenvalue weighted by Gasteiger charge is 2.35. The Morgan fingerprint density at radius 3 is 1.52 bits per heavy atom. The monoisotopic (exact) mass is 290 g/mol. The molecule has 0 atom stereocenters. The van der Waals surface area contributed by atoms with Crippen molar-refractivity contribution in [1.82, 2.24) is 0 Å². The number of hydrogen-bond acceptors (Lipinski definition) is 6. The van der Waals surface area contributed by atoms with Crippen LogP contribution in [0.1, 0.15) is 26.7 Å². The van der Waals surface area contributed by atoms with Gasteiger partial charge in [0.05, 0.1) is 25.4 Å². The van der Waals surface area contributed by atoms with E-state index in [0.29, 0.717) is 0 Å². The zero-order chi connectivity index (χ0) is 16.5. The van der Waals surface area contributed by atoms with Gasteiger partial charge in [-0.3, -0.25) is 0 Å². The first-order valence-electron chi connectivity index (χ1n) is 6.38. The molecule has 0 aromatic heterocycles. The molecule has 0 unspecified atom stereocenters. The van der Waals surface area contributed by atoms with E-state index in [0.717, 1.165) is 0 Å². The van der Waals surface area contributed by atoms with Gasteiger partial charge in [0.25, 0.3) is 0 Å². The molecule has 0 rings (SSSR count). The molecule has 6 nitrogen and oxygen atoms in total. The van der Waals surface area contributed by atoms with Gasteiger partial charge in [-0.05, 0) is 13.8 Å². The van der Waals surface area contributed by atoms with Crippen LogP contribution in [0.3, 0.4) is 0 Å². The van der Waals surface area contributed by atoms with Gasteiger partial charge in [-0.15, -0.1) is 0 Å². The summed E-state index contributed by atoms with van der Waals surface area (Å²) in [6.45, 7) is 10.6. The first-order valence-corrected chi connectivity index (χ1v) is 6.38. The minimum Gasteiger partial charge on any atom is -0.463 e. The Balaban J connectivity index is 5.04. The maximum atomic E-state index is 11.5. The number of carbonyl (C=O) groups excluding carboxylic acids is 2. The van der Waals surface area contributed by atoms with E-state index in [2.05, 4.69) is 13.2 Å². The number of ether oxygens (including phenoxy) is 2. The molecule has 112 valence electrons. The van der Waals surface area contributed by atoms with E-state index in [9.17, 15) is 20.1 Å². The second kappa shape index (κ2) is 8.55. The molecule has 0 heterocycles. The second-order valence-electron chi connectivity index (χ2n) is 4.31. The molecular formula is C15H18N2O4. The summed E-state index contributed by atoms with van der Waals surface area (Å²) in [5.41, 5.74) is -1.61. The Labute approximate surface area is 124 Å². The van der Waals surface area contributed by atoms with Crippen molar-refractivity contribution in [3.8, 4) is 12.1 Å². The number of carbonyl (C=O) groups is 2. The van der Waals surface area contributed by atoms with Crippen LogP contribution in [0.15, 0.2) is 24.3 Å². The van der Waals surface area contributed by atoms with E-state index in [4.69, 9.17) is 9.47 Å². The maximum absolute atomic E-state index is 11.5. The van der Waals surface area contributed by atoms with Crippen LogP contribution in [0.2, 0.25) is 0 Å². The smallest absolute Gasteiger partial charge is 0.333 e. The van der Waals surface area contributed by atoms with Crippen molar-refractivity contribution in [3.63, 3.8) is 0 Å². The lowest BCUT2D eigenvalue weighted by molar-refractivity contribution is -0.139. The fraction of sp³-hybridized carbons (Fsp3) is 0.467. The lowest BCUT2D eigenvalue weighted by atomic mass is 9.79. The summed E-state index contributed by atoms with van der Waals surface area (Å²) < 4.78 is 9.52. The highest BCUT2D eigenvalue weighted by atomic mass is 16.5. The van der Waals surface area contributed by atoms with Gasteiger partial charge in [-0.25, -0.2) is 9.59 Å². The van der Waals surface area contributed by atoms with Crippen LogP contribution in [-0.2, 0) is 19.1 Å². The summed E-state index contributed by atoms with van der Waals surface area (Å²) >= 11 is 0. The highest BCUT2D eigenvalue weighted by Crippen LogP contribution is 2.32. The summed E-state index contributed by atoms with van der Waals surface area (Å²) in [6.07, 6.45) is -0.450. The largest absolute Gasteiger partial charge is 0.463 e. The van der Waals surface area contributed by atoms with Crippen molar-refractivity contribution in [2.24, 2.45) is 5.41 Å². The van der Waals surface area contributed by atoms with Gasteiger partial charge in [-0.2, -0.15) is 10.5 Å². The number of nitriles is 2. The molecule has 0 aromatic rings. The fourth-order valence-electron chi connectivity index (χ4n) is 1.58. The van der Waals surface area contributed by atoms with Crippen molar-refractivity contribution < 1.29 is 19.1 Å². The third-order valence-corrected chi connectivity index (χ3v) is 2.59. The molecule has 0 aliphatic heterocycles. The van der Waals surface area contributed by atoms with Gasteiger partial charge in [0.2, 0.25) is 0 Å². The SMILES string of the molecule is C=C(CC(C#N)(C#N)CC(=C)C(=O)OCC)C(=O)OCC. The summed E-state index contributed by atoms with van der Waals surface area (Å²) in [7, 11) is 0. The quantitative estimate of drug-likeness (QED) is 0.501. The first kappa shape index (κ1) is 18.4. The van der Waals surface area contributed by atoms with E-state index >= 15 is 0 Å². The molecule has 0 aliphatic carbocycles. The van der Waals surface area contributed by atoms with Gasteiger partial charge < -0.3 is 9.47 Å². The zero-order valence-electron chi connectivity index (χ0n) is 12.3. The summed E-state index contributed by atoms with van der Waals surface area (Å²) in [4.78, 5) is 23.0. The van der Waals surface area contributed by atoms with Gasteiger partial charge in [0.15, 0.2) is 5.41 Å². The molecule has 0 aromatic carbocycles. The Morgan fingerprint density at radius 2 is 1.29 bits per heavy atom. The fourth-order valence-corrected chi connectivity index (χ4v) is 1.58. The van der Waals surface area contributed by atoms with Gasteiger partial charge in [0.1, 0.15) is 0 Å². The lowest BCUT2D eigenvalue weighted by Gasteiger charge is -2.19. The Hall–Kier alpha value is -2.60. The highest BCUT2D eigenvalue weighted by molar-refractivity contribution is 5.89. The topological polar surface area (TPSA) is 100 Å². The molecule has 0 radical (unpaired) electrons. The van der Waals surface area contributed by atoms with E-state index < -0.39 is 17.4 Å². The molecule has 0 spiro atoms. The Kier molecular flexibility index (Phi) is 7.49. The van der Waals surface area contributed by atoms with E-state index in [-0.39, 0.29) is 37.2 Å². The molecule has 0 fully saturated rings. The van der Waals surface area contributed by atoms with Gasteiger partial charge in [-0.1, -0.05) is 13.2 Å². The minimum absolute atomic E-state index is 0.00314. The van der Waals surface area contributed by atoms with Crippen LogP contribution >= 0.6 is 0 Å². The van der Waals surface area contributed by atoms with Crippen molar-refractivity contribution in [2.45, 2.75) is 26.7 Å². The lowest BCUT2D eigenvalue weighted by Crippen LogP contribution is -2.23. The Bertz CT molecular complexity index is 475. The van der Waals surface area contributed by atoms with Crippen LogP contribution in [0, 0.1) is 28.1 Å². The van der Waals surface area contributed by atoms with Crippen LogP contribution in [0.25, 0.3) is 0 Å². The molecule has 0 amide bonds. The third kappa shape index (κ3) is 5.50. The van der Waals surface area contributed by atoms with Crippen LogP contribution in [-0.4, -0.2) is 25.2 Å². The molecule has 0 saturated carbocycles. The molecular weight excluding hydrogens is 272 g/mol. The minimum atomic E-state index is -1.60. The van der Waals surface area contributed by atoms with Crippen molar-refractivity contribution >= 4 is 11.9 Å². The van der Waals surface area contributed by atoms with Crippen LogP contribution in [0.5, 0.6) is 0 Å². The molecule has 0 bridgehead atoms. The van der Waals surface area contributed by atoms with E-state index in [1.807, 2.05) is 12.1 Å². The van der Waals surface area contributed by atoms with Crippen molar-refractivity contribution in [3.05, 3.63) is 24.3 Å². The number of esters is 2. The average molecular weight is 290 g/mol. The third-order valence-electron chi connectivity index (χ3n) is 2.59. The summed E-state index contributed by atoms with van der Waals surface area (Å²) in [5.74, 6) is -1.34. The summed E-state index contributed by atoms with van der Waals surface area (Å²) in [5, 5.41) is 18.5. The number of nitrogens with zero attached hydrogens (tertiary/aromatic N) is 2. The zero-order valence-corrected chi connectivity index (χ0v) is 12.3. The molecule has 0 aliphatic rings. The van der Waals surface area contributed by atoms with Gasteiger partial charge >= 0.3 is 11.9 Å². The molecule has 0 saturated heterocycles. The normalized spacial score (nSPS) is 9.90. The molecule has 21 heavy (non-hydrogen) atoms. The van der Waals surface area contributed by atoms with Crippen LogP contribution in [0.4, 0.5) is 0 Å². The van der Waals surface area contributed by atoms with E-state index in [1.165, 1.54) is 0 Å². The molecule has 6 heteroatoms. The predicted octanol–water partition coefficient (Wildman–Crippen LogP) is 2.04. The number of rotatable bonds is 8. The van der Waals surface area contributed by atoms with Gasteiger partial charge in [0, 0.05) is 24.0 Å². The first-order chi connectivity index (χ1) is 9.85. The Morgan fingerprint density at radius 1 is 0.952 bits per heavy atom. The van der Waals surface area contributed by atoms with E-state index in [1.54, 1.807) is 13.8 Å². The van der Waals surface area contributed by atoms with Crippen molar-refractivity contribution in [2.75, 3.05) is 13.2 Å². The maximum Gasteiger partial charge on any atom is 0.333 e. The summed E-state index contributed by atoms with van der Waals surface area (Å²) in [6, 6.07) is 3.65. The second-order valence-corrected chi connectivity index (χ2v) is 4.31. The van der Waals surface area contributed by atoms with Crippen molar-refractivity contribution in [1.29, 1.82) is 10.5 Å². The average Bonchev–Trinajstić information content (AvgIpc) is 2.46. The standard InChI is InChI=1S/C15H18N2O4/c1-5-20-13(18)11(3)7-15(9-16,10-17)8-12(4)14(19)21-6-2/h3-8H2,1-2H3.